The Kier molecular flexibility index (Phi) is 5.22. The van der Waals surface area contributed by atoms with Crippen molar-refractivity contribution in [3.8, 4) is 0 Å². The van der Waals surface area contributed by atoms with E-state index in [4.69, 9.17) is 0 Å². The zero-order chi connectivity index (χ0) is 14.6. The molecular formula is C16H25NO2S. The molecule has 0 aliphatic heterocycles. The van der Waals surface area contributed by atoms with Crippen LogP contribution in [0.3, 0.4) is 0 Å². The second kappa shape index (κ2) is 6.72. The maximum atomic E-state index is 11.4. The summed E-state index contributed by atoms with van der Waals surface area (Å²) in [5, 5.41) is 3.49. The normalized spacial score (nSPS) is 20.4. The molecule has 3 nitrogen and oxygen atoms in total. The predicted molar refractivity (Wildman–Crippen MR) is 83.7 cm³/mol. The van der Waals surface area contributed by atoms with E-state index in [0.29, 0.717) is 12.0 Å². The zero-order valence-corrected chi connectivity index (χ0v) is 13.2. The van der Waals surface area contributed by atoms with E-state index in [2.05, 4.69) is 36.5 Å². The third kappa shape index (κ3) is 4.32. The molecule has 0 spiro atoms. The van der Waals surface area contributed by atoms with E-state index < -0.39 is 9.84 Å². The molecule has 0 saturated carbocycles. The number of fused-ring (bicyclic) bond motifs is 1. The minimum atomic E-state index is -2.88. The van der Waals surface area contributed by atoms with Crippen molar-refractivity contribution in [2.75, 3.05) is 18.6 Å². The van der Waals surface area contributed by atoms with Crippen LogP contribution in [0.25, 0.3) is 0 Å². The van der Waals surface area contributed by atoms with Crippen LogP contribution in [0.5, 0.6) is 0 Å². The van der Waals surface area contributed by atoms with E-state index >= 15 is 0 Å². The molecule has 0 aromatic heterocycles. The first kappa shape index (κ1) is 15.5. The maximum Gasteiger partial charge on any atom is 0.147 e. The van der Waals surface area contributed by atoms with Gasteiger partial charge in [0.05, 0.1) is 5.75 Å². The second-order valence-electron chi connectivity index (χ2n) is 5.85. The van der Waals surface area contributed by atoms with E-state index in [-0.39, 0.29) is 5.75 Å². The Labute approximate surface area is 122 Å². The lowest BCUT2D eigenvalue weighted by atomic mass is 9.79. The lowest BCUT2D eigenvalue weighted by molar-refractivity contribution is 0.317. The molecule has 2 unspecified atom stereocenters. The van der Waals surface area contributed by atoms with Crippen molar-refractivity contribution >= 4 is 9.84 Å². The van der Waals surface area contributed by atoms with Crippen LogP contribution in [-0.4, -0.2) is 33.0 Å². The summed E-state index contributed by atoms with van der Waals surface area (Å²) < 4.78 is 22.8. The molecule has 4 heteroatoms. The summed E-state index contributed by atoms with van der Waals surface area (Å²) in [7, 11) is -2.88. The van der Waals surface area contributed by atoms with Gasteiger partial charge in [-0.1, -0.05) is 31.2 Å². The van der Waals surface area contributed by atoms with Crippen LogP contribution in [0.1, 0.15) is 30.9 Å². The van der Waals surface area contributed by atoms with Gasteiger partial charge in [-0.2, -0.15) is 0 Å². The van der Waals surface area contributed by atoms with Crippen molar-refractivity contribution in [3.05, 3.63) is 35.4 Å². The number of nitrogens with one attached hydrogen (secondary N) is 1. The maximum absolute atomic E-state index is 11.4. The summed E-state index contributed by atoms with van der Waals surface area (Å²) in [6.45, 7) is 2.98. The Morgan fingerprint density at radius 2 is 2.00 bits per heavy atom. The smallest absolute Gasteiger partial charge is 0.147 e. The van der Waals surface area contributed by atoms with E-state index in [9.17, 15) is 8.42 Å². The molecule has 0 amide bonds. The van der Waals surface area contributed by atoms with Crippen LogP contribution < -0.4 is 5.32 Å². The number of rotatable bonds is 6. The molecule has 0 fully saturated rings. The summed E-state index contributed by atoms with van der Waals surface area (Å²) in [5.74, 6) is 0.828. The average molecular weight is 295 g/mol. The van der Waals surface area contributed by atoms with Crippen LogP contribution in [0.4, 0.5) is 0 Å². The van der Waals surface area contributed by atoms with Crippen LogP contribution in [0, 0.1) is 5.92 Å². The Bertz CT molecular complexity index is 539. The van der Waals surface area contributed by atoms with Crippen molar-refractivity contribution in [3.63, 3.8) is 0 Å². The van der Waals surface area contributed by atoms with Gasteiger partial charge in [-0.05, 0) is 49.3 Å². The van der Waals surface area contributed by atoms with E-state index in [1.165, 1.54) is 17.4 Å². The third-order valence-corrected chi connectivity index (χ3v) is 5.20. The van der Waals surface area contributed by atoms with Gasteiger partial charge in [0.15, 0.2) is 0 Å². The highest BCUT2D eigenvalue weighted by molar-refractivity contribution is 7.90. The molecule has 0 heterocycles. The molecule has 20 heavy (non-hydrogen) atoms. The molecule has 0 radical (unpaired) electrons. The van der Waals surface area contributed by atoms with Gasteiger partial charge in [0.1, 0.15) is 9.84 Å². The molecule has 2 rings (SSSR count). The third-order valence-electron chi connectivity index (χ3n) is 4.22. The number of hydrogen-bond acceptors (Lipinski definition) is 3. The average Bonchev–Trinajstić information content (AvgIpc) is 2.42. The highest BCUT2D eigenvalue weighted by Gasteiger charge is 2.26. The molecule has 1 N–H and O–H groups in total. The van der Waals surface area contributed by atoms with Crippen LogP contribution in [0.2, 0.25) is 0 Å². The first-order chi connectivity index (χ1) is 9.49. The first-order valence-electron chi connectivity index (χ1n) is 7.47. The van der Waals surface area contributed by atoms with E-state index in [1.807, 2.05) is 0 Å². The van der Waals surface area contributed by atoms with Gasteiger partial charge < -0.3 is 5.32 Å². The number of hydrogen-bond donors (Lipinski definition) is 1. The molecule has 112 valence electrons. The van der Waals surface area contributed by atoms with Gasteiger partial charge in [-0.25, -0.2) is 8.42 Å². The lowest BCUT2D eigenvalue weighted by Crippen LogP contribution is -2.40. The van der Waals surface area contributed by atoms with Gasteiger partial charge in [-0.3, -0.25) is 0 Å². The van der Waals surface area contributed by atoms with Gasteiger partial charge >= 0.3 is 0 Å². The monoisotopic (exact) mass is 295 g/mol. The predicted octanol–water partition coefficient (Wildman–Crippen LogP) is 2.20. The number of sulfone groups is 1. The van der Waals surface area contributed by atoms with E-state index in [0.717, 1.165) is 32.2 Å². The molecule has 0 bridgehead atoms. The van der Waals surface area contributed by atoms with Gasteiger partial charge in [0.25, 0.3) is 0 Å². The fraction of sp³-hybridized carbons (Fsp3) is 0.625. The van der Waals surface area contributed by atoms with Gasteiger partial charge in [0.2, 0.25) is 0 Å². The molecular weight excluding hydrogens is 270 g/mol. The Balaban J connectivity index is 2.04. The Morgan fingerprint density at radius 3 is 2.65 bits per heavy atom. The van der Waals surface area contributed by atoms with Crippen molar-refractivity contribution in [1.82, 2.24) is 5.32 Å². The summed E-state index contributed by atoms with van der Waals surface area (Å²) in [6.07, 6.45) is 5.38. The molecule has 0 saturated heterocycles. The largest absolute Gasteiger partial charge is 0.314 e. The summed E-state index contributed by atoms with van der Waals surface area (Å²) >= 11 is 0. The van der Waals surface area contributed by atoms with Crippen LogP contribution >= 0.6 is 0 Å². The van der Waals surface area contributed by atoms with Crippen molar-refractivity contribution in [1.29, 1.82) is 0 Å². The van der Waals surface area contributed by atoms with Crippen molar-refractivity contribution in [2.24, 2.45) is 5.92 Å². The Morgan fingerprint density at radius 1 is 1.30 bits per heavy atom. The van der Waals surface area contributed by atoms with Gasteiger partial charge in [0, 0.05) is 12.3 Å². The standard InChI is InChI=1S/C16H25NO2S/c1-3-17-16(10-11-20(2,18)19)15-9-8-13-6-4-5-7-14(13)12-15/h4-7,15-17H,3,8-12H2,1-2H3. The summed E-state index contributed by atoms with van der Waals surface area (Å²) in [4.78, 5) is 0. The lowest BCUT2D eigenvalue weighted by Gasteiger charge is -2.32. The fourth-order valence-corrected chi connectivity index (χ4v) is 3.86. The summed E-state index contributed by atoms with van der Waals surface area (Å²) in [6, 6.07) is 8.93. The fourth-order valence-electron chi connectivity index (χ4n) is 3.18. The number of aryl methyl sites for hydroxylation is 1. The highest BCUT2D eigenvalue weighted by atomic mass is 32.2. The molecule has 1 aliphatic rings. The van der Waals surface area contributed by atoms with E-state index in [1.54, 1.807) is 0 Å². The summed E-state index contributed by atoms with van der Waals surface area (Å²) in [5.41, 5.74) is 2.90. The topological polar surface area (TPSA) is 46.2 Å². The van der Waals surface area contributed by atoms with Crippen molar-refractivity contribution < 1.29 is 8.42 Å². The molecule has 1 aromatic rings. The first-order valence-corrected chi connectivity index (χ1v) is 9.53. The number of benzene rings is 1. The van der Waals surface area contributed by atoms with Crippen LogP contribution in [-0.2, 0) is 22.7 Å². The SMILES string of the molecule is CCNC(CCS(C)(=O)=O)C1CCc2ccccc2C1. The van der Waals surface area contributed by atoms with Crippen LogP contribution in [0.15, 0.2) is 24.3 Å². The minimum Gasteiger partial charge on any atom is -0.314 e. The molecule has 2 atom stereocenters. The molecule has 1 aromatic carbocycles. The second-order valence-corrected chi connectivity index (χ2v) is 8.11. The molecule has 1 aliphatic carbocycles. The zero-order valence-electron chi connectivity index (χ0n) is 12.4. The quantitative estimate of drug-likeness (QED) is 0.875. The van der Waals surface area contributed by atoms with Gasteiger partial charge in [-0.15, -0.1) is 0 Å². The Hall–Kier alpha value is -0.870. The van der Waals surface area contributed by atoms with Crippen molar-refractivity contribution in [2.45, 2.75) is 38.6 Å². The minimum absolute atomic E-state index is 0.281. The highest BCUT2D eigenvalue weighted by Crippen LogP contribution is 2.28.